The van der Waals surface area contributed by atoms with E-state index < -0.39 is 18.0 Å². The van der Waals surface area contributed by atoms with E-state index in [4.69, 9.17) is 9.15 Å². The van der Waals surface area contributed by atoms with Gasteiger partial charge in [-0.05, 0) is 48.4 Å². The predicted molar refractivity (Wildman–Crippen MR) is 119 cm³/mol. The number of amides is 4. The maximum Gasteiger partial charge on any atom is 0.502 e. The van der Waals surface area contributed by atoms with Crippen molar-refractivity contribution in [2.45, 2.75) is 26.0 Å². The molecule has 0 spiro atoms. The van der Waals surface area contributed by atoms with Crippen molar-refractivity contribution in [2.24, 2.45) is 0 Å². The van der Waals surface area contributed by atoms with Crippen LogP contribution in [0.5, 0.6) is 5.75 Å². The molecule has 2 aliphatic heterocycles. The Hall–Kier alpha value is -4.20. The Morgan fingerprint density at radius 1 is 1.06 bits per heavy atom. The SMILES string of the molecule is CCc1ccc(NC(=O)C[N+]2=C3c4ccccc4OC3C(=O)N(Cc3ccco3)C2=O)cc1. The molecule has 8 heteroatoms. The van der Waals surface area contributed by atoms with E-state index in [2.05, 4.69) is 12.2 Å². The fourth-order valence-electron chi connectivity index (χ4n) is 4.07. The molecule has 8 nitrogen and oxygen atoms in total. The Labute approximate surface area is 190 Å². The third-order valence-corrected chi connectivity index (χ3v) is 5.74. The molecule has 3 heterocycles. The van der Waals surface area contributed by atoms with E-state index in [0.717, 1.165) is 16.9 Å². The van der Waals surface area contributed by atoms with Gasteiger partial charge in [-0.2, -0.15) is 9.37 Å². The number of nitrogens with zero attached hydrogens (tertiary/aromatic N) is 2. The van der Waals surface area contributed by atoms with Crippen LogP contribution in [-0.2, 0) is 22.6 Å². The molecular formula is C25H22N3O5+. The number of rotatable bonds is 6. The van der Waals surface area contributed by atoms with Gasteiger partial charge < -0.3 is 14.5 Å². The zero-order valence-corrected chi connectivity index (χ0v) is 18.0. The smallest absolute Gasteiger partial charge is 0.469 e. The molecule has 0 radical (unpaired) electrons. The molecule has 33 heavy (non-hydrogen) atoms. The van der Waals surface area contributed by atoms with Crippen molar-refractivity contribution in [3.63, 3.8) is 0 Å². The number of benzene rings is 2. The van der Waals surface area contributed by atoms with Crippen LogP contribution in [0.3, 0.4) is 0 Å². The summed E-state index contributed by atoms with van der Waals surface area (Å²) in [7, 11) is 0. The number of hydrogen-bond donors (Lipinski definition) is 1. The fraction of sp³-hybridized carbons (Fsp3) is 0.200. The van der Waals surface area contributed by atoms with Crippen LogP contribution in [0.15, 0.2) is 71.3 Å². The van der Waals surface area contributed by atoms with Crippen LogP contribution < -0.4 is 10.1 Å². The van der Waals surface area contributed by atoms with Crippen molar-refractivity contribution in [1.29, 1.82) is 0 Å². The Balaban J connectivity index is 1.48. The van der Waals surface area contributed by atoms with E-state index >= 15 is 0 Å². The molecule has 1 atom stereocenters. The van der Waals surface area contributed by atoms with E-state index in [1.165, 1.54) is 10.8 Å². The van der Waals surface area contributed by atoms with Gasteiger partial charge in [0.25, 0.3) is 12.0 Å². The van der Waals surface area contributed by atoms with Gasteiger partial charge in [0.2, 0.25) is 0 Å². The molecule has 0 aliphatic carbocycles. The van der Waals surface area contributed by atoms with Gasteiger partial charge in [0.1, 0.15) is 11.5 Å². The summed E-state index contributed by atoms with van der Waals surface area (Å²) >= 11 is 0. The highest BCUT2D eigenvalue weighted by atomic mass is 16.5. The standard InChI is InChI=1S/C25H21N3O5/c1-2-16-9-11-17(12-10-16)26-21(29)15-27-22-19-7-3-4-8-20(19)33-23(22)24(30)28(25(27)31)14-18-6-5-13-32-18/h3-13,23H,2,14-15H2,1H3/p+1. The molecule has 0 saturated heterocycles. The number of furan rings is 1. The third-order valence-electron chi connectivity index (χ3n) is 5.74. The Morgan fingerprint density at radius 2 is 1.85 bits per heavy atom. The topological polar surface area (TPSA) is 91.9 Å². The predicted octanol–water partition coefficient (Wildman–Crippen LogP) is 3.21. The number of fused-ring (bicyclic) bond motifs is 3. The average Bonchev–Trinajstić information content (AvgIpc) is 3.48. The molecule has 1 unspecified atom stereocenters. The molecule has 0 bridgehead atoms. The average molecular weight is 444 g/mol. The van der Waals surface area contributed by atoms with Gasteiger partial charge in [-0.15, -0.1) is 4.90 Å². The molecule has 2 aromatic carbocycles. The van der Waals surface area contributed by atoms with Gasteiger partial charge in [0, 0.05) is 5.69 Å². The number of imide groups is 1. The highest BCUT2D eigenvalue weighted by Crippen LogP contribution is 2.32. The lowest BCUT2D eigenvalue weighted by molar-refractivity contribution is -0.428. The number of nitrogens with one attached hydrogen (secondary N) is 1. The summed E-state index contributed by atoms with van der Waals surface area (Å²) in [5.41, 5.74) is 2.80. The molecule has 5 rings (SSSR count). The monoisotopic (exact) mass is 444 g/mol. The molecule has 166 valence electrons. The van der Waals surface area contributed by atoms with Crippen LogP contribution >= 0.6 is 0 Å². The van der Waals surface area contributed by atoms with Crippen LogP contribution in [0.4, 0.5) is 10.5 Å². The van der Waals surface area contributed by atoms with Crippen LogP contribution in [0, 0.1) is 0 Å². The minimum Gasteiger partial charge on any atom is -0.469 e. The zero-order valence-electron chi connectivity index (χ0n) is 18.0. The van der Waals surface area contributed by atoms with Crippen LogP contribution in [0.1, 0.15) is 23.8 Å². The summed E-state index contributed by atoms with van der Waals surface area (Å²) in [5.74, 6) is 0.0834. The summed E-state index contributed by atoms with van der Waals surface area (Å²) in [6, 6.07) is 17.4. The second-order valence-corrected chi connectivity index (χ2v) is 7.85. The largest absolute Gasteiger partial charge is 0.502 e. The van der Waals surface area contributed by atoms with Gasteiger partial charge in [-0.25, -0.2) is 4.79 Å². The van der Waals surface area contributed by atoms with Gasteiger partial charge >= 0.3 is 11.9 Å². The summed E-state index contributed by atoms with van der Waals surface area (Å²) in [4.78, 5) is 40.6. The maximum absolute atomic E-state index is 13.4. The van der Waals surface area contributed by atoms with E-state index in [0.29, 0.717) is 28.5 Å². The number of aryl methyl sites for hydroxylation is 1. The van der Waals surface area contributed by atoms with Gasteiger partial charge in [0.05, 0.1) is 11.8 Å². The fourth-order valence-corrected chi connectivity index (χ4v) is 4.07. The second-order valence-electron chi connectivity index (χ2n) is 7.85. The van der Waals surface area contributed by atoms with Crippen molar-refractivity contribution in [2.75, 3.05) is 11.9 Å². The van der Waals surface area contributed by atoms with Gasteiger partial charge in [-0.1, -0.05) is 31.2 Å². The van der Waals surface area contributed by atoms with Gasteiger partial charge in [-0.3, -0.25) is 4.79 Å². The first-order valence-corrected chi connectivity index (χ1v) is 10.7. The second kappa shape index (κ2) is 8.38. The van der Waals surface area contributed by atoms with E-state index in [9.17, 15) is 14.4 Å². The lowest BCUT2D eigenvalue weighted by atomic mass is 10.0. The summed E-state index contributed by atoms with van der Waals surface area (Å²) in [6.45, 7) is 1.74. The van der Waals surface area contributed by atoms with E-state index in [1.54, 1.807) is 36.4 Å². The molecular weight excluding hydrogens is 422 g/mol. The zero-order chi connectivity index (χ0) is 22.9. The highest BCUT2D eigenvalue weighted by Gasteiger charge is 2.54. The Kier molecular flexibility index (Phi) is 5.26. The quantitative estimate of drug-likeness (QED) is 0.590. The van der Waals surface area contributed by atoms with E-state index in [-0.39, 0.29) is 19.0 Å². The van der Waals surface area contributed by atoms with E-state index in [1.807, 2.05) is 24.3 Å². The molecule has 0 fully saturated rings. The molecule has 0 saturated carbocycles. The summed E-state index contributed by atoms with van der Waals surface area (Å²) in [6.07, 6.45) is 1.37. The lowest BCUT2D eigenvalue weighted by Gasteiger charge is -2.23. The van der Waals surface area contributed by atoms with Crippen molar-refractivity contribution in [1.82, 2.24) is 4.90 Å². The first-order valence-electron chi connectivity index (χ1n) is 10.7. The number of urea groups is 1. The van der Waals surface area contributed by atoms with Crippen LogP contribution in [-0.4, -0.2) is 45.7 Å². The third kappa shape index (κ3) is 3.80. The van der Waals surface area contributed by atoms with Crippen molar-refractivity contribution < 1.29 is 28.1 Å². The molecule has 3 aromatic rings. The summed E-state index contributed by atoms with van der Waals surface area (Å²) < 4.78 is 12.5. The number of hydrogen-bond acceptors (Lipinski definition) is 5. The number of carbonyl (C=O) groups excluding carboxylic acids is 3. The van der Waals surface area contributed by atoms with Crippen LogP contribution in [0.25, 0.3) is 0 Å². The minimum atomic E-state index is -1.01. The number of para-hydroxylation sites is 1. The Bertz CT molecular complexity index is 1260. The molecule has 1 aromatic heterocycles. The first-order chi connectivity index (χ1) is 16.0. The normalized spacial score (nSPS) is 17.0. The molecule has 4 amide bonds. The number of ether oxygens (including phenoxy) is 1. The van der Waals surface area contributed by atoms with Crippen molar-refractivity contribution in [3.05, 3.63) is 83.8 Å². The molecule has 2 aliphatic rings. The van der Waals surface area contributed by atoms with Crippen molar-refractivity contribution >= 4 is 29.2 Å². The van der Waals surface area contributed by atoms with Gasteiger partial charge in [0.15, 0.2) is 18.8 Å². The maximum atomic E-state index is 13.4. The van der Waals surface area contributed by atoms with Crippen LogP contribution in [0.2, 0.25) is 0 Å². The Morgan fingerprint density at radius 3 is 2.58 bits per heavy atom. The lowest BCUT2D eigenvalue weighted by Crippen LogP contribution is -2.58. The van der Waals surface area contributed by atoms with Crippen molar-refractivity contribution in [3.8, 4) is 5.75 Å². The number of anilines is 1. The highest BCUT2D eigenvalue weighted by molar-refractivity contribution is 6.22. The minimum absolute atomic E-state index is 0.0508. The summed E-state index contributed by atoms with van der Waals surface area (Å²) in [5, 5.41) is 2.83. The molecule has 1 N–H and O–H groups in total. The first kappa shape index (κ1) is 20.7. The number of carbonyl (C=O) groups is 3.